The molecule has 0 saturated carbocycles. The van der Waals surface area contributed by atoms with Gasteiger partial charge in [0.15, 0.2) is 0 Å². The molecule has 1 aromatic carbocycles. The minimum Gasteiger partial charge on any atom is -0.370 e. The largest absolute Gasteiger partial charge is 0.370 e. The van der Waals surface area contributed by atoms with Gasteiger partial charge in [-0.1, -0.05) is 0 Å². The molecule has 126 valence electrons. The second kappa shape index (κ2) is 7.25. The lowest BCUT2D eigenvalue weighted by Gasteiger charge is -2.34. The molecule has 0 radical (unpaired) electrons. The van der Waals surface area contributed by atoms with E-state index in [4.69, 9.17) is 0 Å². The van der Waals surface area contributed by atoms with Crippen molar-refractivity contribution < 1.29 is 9.18 Å². The first kappa shape index (κ1) is 16.2. The topological polar surface area (TPSA) is 61.4 Å². The average Bonchev–Trinajstić information content (AvgIpc) is 2.62. The number of carbonyl (C=O) groups excluding carboxylic acids is 1. The van der Waals surface area contributed by atoms with Gasteiger partial charge in [0.2, 0.25) is 5.95 Å². The van der Waals surface area contributed by atoms with Gasteiger partial charge in [-0.3, -0.25) is 4.79 Å². The molecule has 1 aliphatic heterocycles. The summed E-state index contributed by atoms with van der Waals surface area (Å²) in [6.07, 6.45) is 1.73. The summed E-state index contributed by atoms with van der Waals surface area (Å²) in [4.78, 5) is 25.1. The van der Waals surface area contributed by atoms with Crippen molar-refractivity contribution in [2.24, 2.45) is 0 Å². The highest BCUT2D eigenvalue weighted by Gasteiger charge is 2.23. The van der Waals surface area contributed by atoms with Crippen LogP contribution in [-0.4, -0.2) is 53.5 Å². The molecule has 1 N–H and O–H groups in total. The summed E-state index contributed by atoms with van der Waals surface area (Å²) in [5.74, 6) is 1.06. The van der Waals surface area contributed by atoms with Crippen LogP contribution in [0.2, 0.25) is 0 Å². The Hall–Kier alpha value is -2.70. The number of halogens is 1. The summed E-state index contributed by atoms with van der Waals surface area (Å²) in [5.41, 5.74) is 0.509. The molecule has 0 bridgehead atoms. The van der Waals surface area contributed by atoms with Gasteiger partial charge in [0.1, 0.15) is 11.6 Å². The summed E-state index contributed by atoms with van der Waals surface area (Å²) >= 11 is 0. The number of nitrogens with zero attached hydrogens (tertiary/aromatic N) is 4. The van der Waals surface area contributed by atoms with Crippen LogP contribution in [0.5, 0.6) is 0 Å². The van der Waals surface area contributed by atoms with Crippen LogP contribution in [0.1, 0.15) is 17.3 Å². The molecule has 1 aromatic heterocycles. The minimum absolute atomic E-state index is 0.0723. The van der Waals surface area contributed by atoms with Gasteiger partial charge < -0.3 is 15.1 Å². The number of rotatable bonds is 4. The molecule has 1 fully saturated rings. The van der Waals surface area contributed by atoms with E-state index in [1.165, 1.54) is 24.3 Å². The van der Waals surface area contributed by atoms with E-state index in [1.54, 1.807) is 11.1 Å². The monoisotopic (exact) mass is 329 g/mol. The fourth-order valence-electron chi connectivity index (χ4n) is 2.66. The van der Waals surface area contributed by atoms with Crippen molar-refractivity contribution in [2.45, 2.75) is 6.92 Å². The molecular formula is C17H20FN5O. The zero-order chi connectivity index (χ0) is 16.9. The highest BCUT2D eigenvalue weighted by Crippen LogP contribution is 2.15. The molecule has 1 saturated heterocycles. The number of anilines is 2. The van der Waals surface area contributed by atoms with E-state index in [-0.39, 0.29) is 11.7 Å². The standard InChI is InChI=1S/C17H20FN5O/c1-2-19-15-7-8-20-17(21-15)23-11-9-22(10-12-23)16(24)13-3-5-14(18)6-4-13/h3-8H,2,9-12H2,1H3,(H,19,20,21). The fourth-order valence-corrected chi connectivity index (χ4v) is 2.66. The van der Waals surface area contributed by atoms with Crippen LogP contribution in [0.25, 0.3) is 0 Å². The first-order valence-electron chi connectivity index (χ1n) is 8.04. The van der Waals surface area contributed by atoms with E-state index in [9.17, 15) is 9.18 Å². The summed E-state index contributed by atoms with van der Waals surface area (Å²) in [6.45, 7) is 5.33. The summed E-state index contributed by atoms with van der Waals surface area (Å²) in [7, 11) is 0. The number of benzene rings is 1. The van der Waals surface area contributed by atoms with Gasteiger partial charge in [-0.25, -0.2) is 9.37 Å². The van der Waals surface area contributed by atoms with Crippen LogP contribution in [0.4, 0.5) is 16.2 Å². The Kier molecular flexibility index (Phi) is 4.88. The lowest BCUT2D eigenvalue weighted by Crippen LogP contribution is -2.49. The molecule has 6 nitrogen and oxygen atoms in total. The van der Waals surface area contributed by atoms with Crippen molar-refractivity contribution >= 4 is 17.7 Å². The van der Waals surface area contributed by atoms with E-state index >= 15 is 0 Å². The van der Waals surface area contributed by atoms with Gasteiger partial charge in [-0.15, -0.1) is 0 Å². The number of aromatic nitrogens is 2. The van der Waals surface area contributed by atoms with Crippen molar-refractivity contribution in [1.29, 1.82) is 0 Å². The number of hydrogen-bond acceptors (Lipinski definition) is 5. The van der Waals surface area contributed by atoms with Crippen molar-refractivity contribution in [3.05, 3.63) is 47.9 Å². The van der Waals surface area contributed by atoms with Crippen LogP contribution < -0.4 is 10.2 Å². The van der Waals surface area contributed by atoms with Gasteiger partial charge in [0.05, 0.1) is 0 Å². The number of piperazine rings is 1. The number of nitrogens with one attached hydrogen (secondary N) is 1. The van der Waals surface area contributed by atoms with Gasteiger partial charge in [0, 0.05) is 44.5 Å². The molecule has 2 aromatic rings. The Morgan fingerprint density at radius 3 is 2.54 bits per heavy atom. The lowest BCUT2D eigenvalue weighted by molar-refractivity contribution is 0.0746. The van der Waals surface area contributed by atoms with Crippen LogP contribution in [0.3, 0.4) is 0 Å². The molecule has 2 heterocycles. The Labute approximate surface area is 140 Å². The maximum absolute atomic E-state index is 13.0. The van der Waals surface area contributed by atoms with Gasteiger partial charge >= 0.3 is 0 Å². The van der Waals surface area contributed by atoms with Crippen molar-refractivity contribution in [2.75, 3.05) is 42.9 Å². The van der Waals surface area contributed by atoms with E-state index in [0.717, 1.165) is 12.4 Å². The molecule has 0 atom stereocenters. The number of hydrogen-bond donors (Lipinski definition) is 1. The van der Waals surface area contributed by atoms with Crippen LogP contribution in [-0.2, 0) is 0 Å². The first-order valence-corrected chi connectivity index (χ1v) is 8.04. The van der Waals surface area contributed by atoms with E-state index < -0.39 is 0 Å². The van der Waals surface area contributed by atoms with E-state index in [2.05, 4.69) is 20.2 Å². The van der Waals surface area contributed by atoms with Crippen molar-refractivity contribution in [3.8, 4) is 0 Å². The Balaban J connectivity index is 1.62. The fraction of sp³-hybridized carbons (Fsp3) is 0.353. The SMILES string of the molecule is CCNc1ccnc(N2CCN(C(=O)c3ccc(F)cc3)CC2)n1. The summed E-state index contributed by atoms with van der Waals surface area (Å²) < 4.78 is 13.0. The van der Waals surface area contributed by atoms with Crippen LogP contribution >= 0.6 is 0 Å². The highest BCUT2D eigenvalue weighted by molar-refractivity contribution is 5.94. The van der Waals surface area contributed by atoms with Crippen molar-refractivity contribution in [3.63, 3.8) is 0 Å². The maximum atomic E-state index is 13.0. The van der Waals surface area contributed by atoms with Gasteiger partial charge in [-0.05, 0) is 37.3 Å². The molecule has 24 heavy (non-hydrogen) atoms. The minimum atomic E-state index is -0.339. The number of carbonyl (C=O) groups is 1. The smallest absolute Gasteiger partial charge is 0.253 e. The molecule has 3 rings (SSSR count). The second-order valence-electron chi connectivity index (χ2n) is 5.56. The first-order chi connectivity index (χ1) is 11.7. The van der Waals surface area contributed by atoms with Crippen LogP contribution in [0.15, 0.2) is 36.5 Å². The third kappa shape index (κ3) is 3.61. The lowest BCUT2D eigenvalue weighted by atomic mass is 10.2. The molecule has 0 spiro atoms. The second-order valence-corrected chi connectivity index (χ2v) is 5.56. The Morgan fingerprint density at radius 1 is 1.17 bits per heavy atom. The highest BCUT2D eigenvalue weighted by atomic mass is 19.1. The van der Waals surface area contributed by atoms with Gasteiger partial charge in [0.25, 0.3) is 5.91 Å². The predicted molar refractivity (Wildman–Crippen MR) is 90.7 cm³/mol. The normalized spacial score (nSPS) is 14.6. The molecular weight excluding hydrogens is 309 g/mol. The predicted octanol–water partition coefficient (Wildman–Crippen LogP) is 2.01. The van der Waals surface area contributed by atoms with E-state index in [1.807, 2.05) is 13.0 Å². The van der Waals surface area contributed by atoms with Crippen LogP contribution in [0, 0.1) is 5.82 Å². The molecule has 0 aliphatic carbocycles. The molecule has 0 unspecified atom stereocenters. The maximum Gasteiger partial charge on any atom is 0.253 e. The van der Waals surface area contributed by atoms with E-state index in [0.29, 0.717) is 37.7 Å². The third-order valence-corrected chi connectivity index (χ3v) is 3.94. The van der Waals surface area contributed by atoms with Gasteiger partial charge in [-0.2, -0.15) is 4.98 Å². The third-order valence-electron chi connectivity index (χ3n) is 3.94. The Morgan fingerprint density at radius 2 is 1.88 bits per heavy atom. The zero-order valence-electron chi connectivity index (χ0n) is 13.6. The quantitative estimate of drug-likeness (QED) is 0.930. The average molecular weight is 329 g/mol. The molecule has 7 heteroatoms. The summed E-state index contributed by atoms with van der Waals surface area (Å²) in [5, 5.41) is 3.17. The Bertz CT molecular complexity index is 698. The molecule has 1 aliphatic rings. The molecule has 1 amide bonds. The number of amides is 1. The zero-order valence-corrected chi connectivity index (χ0v) is 13.6. The summed E-state index contributed by atoms with van der Waals surface area (Å²) in [6, 6.07) is 7.49. The van der Waals surface area contributed by atoms with Crippen molar-refractivity contribution in [1.82, 2.24) is 14.9 Å².